The van der Waals surface area contributed by atoms with Crippen molar-refractivity contribution in [2.75, 3.05) is 40.4 Å². The van der Waals surface area contributed by atoms with E-state index in [1.807, 2.05) is 6.92 Å². The first-order chi connectivity index (χ1) is 10.6. The summed E-state index contributed by atoms with van der Waals surface area (Å²) in [4.78, 5) is 1.49. The highest BCUT2D eigenvalue weighted by molar-refractivity contribution is 14.1. The molecule has 1 aromatic carbocycles. The molecule has 126 valence electrons. The van der Waals surface area contributed by atoms with Gasteiger partial charge in [0.05, 0.1) is 30.9 Å². The highest BCUT2D eigenvalue weighted by atomic mass is 127. The summed E-state index contributed by atoms with van der Waals surface area (Å²) < 4.78 is 12.9. The summed E-state index contributed by atoms with van der Waals surface area (Å²) in [6.45, 7) is 8.90. The Balaban J connectivity index is 2.71. The molecule has 0 amide bonds. The number of halogens is 1. The predicted octanol–water partition coefficient (Wildman–Crippen LogP) is 1.08. The second kappa shape index (κ2) is 11.1. The van der Waals surface area contributed by atoms with E-state index in [2.05, 4.69) is 61.1 Å². The Hall–Kier alpha value is -0.530. The summed E-state index contributed by atoms with van der Waals surface area (Å²) in [6, 6.07) is 4.34. The fourth-order valence-electron chi connectivity index (χ4n) is 2.12. The summed E-state index contributed by atoms with van der Waals surface area (Å²) >= 11 is 2.35. The zero-order valence-electron chi connectivity index (χ0n) is 14.4. The highest BCUT2D eigenvalue weighted by Gasteiger charge is 2.13. The summed E-state index contributed by atoms with van der Waals surface area (Å²) in [5.41, 5.74) is 1.30. The molecule has 0 atom stereocenters. The molecule has 0 heterocycles. The number of hydrogen-bond acceptors (Lipinski definition) is 2. The molecule has 5 heteroatoms. The molecular weight excluding hydrogens is 391 g/mol. The van der Waals surface area contributed by atoms with Crippen LogP contribution in [-0.2, 0) is 6.54 Å². The van der Waals surface area contributed by atoms with Gasteiger partial charge < -0.3 is 19.7 Å². The number of likely N-dealkylation sites (N-methyl/N-ethyl adjacent to an activating group) is 1. The summed E-state index contributed by atoms with van der Waals surface area (Å²) in [5, 5.41) is 2.35. The summed E-state index contributed by atoms with van der Waals surface area (Å²) in [7, 11) is 4.37. The second-order valence-electron chi connectivity index (χ2n) is 5.78. The van der Waals surface area contributed by atoms with Gasteiger partial charge in [-0.15, -0.1) is 0 Å². The van der Waals surface area contributed by atoms with Gasteiger partial charge in [0, 0.05) is 5.56 Å². The van der Waals surface area contributed by atoms with Gasteiger partial charge in [0.15, 0.2) is 11.5 Å². The highest BCUT2D eigenvalue weighted by Crippen LogP contribution is 2.34. The predicted molar refractivity (Wildman–Crippen MR) is 98.9 cm³/mol. The van der Waals surface area contributed by atoms with Gasteiger partial charge in [0.2, 0.25) is 0 Å². The fourth-order valence-corrected chi connectivity index (χ4v) is 2.94. The van der Waals surface area contributed by atoms with Crippen LogP contribution in [0.1, 0.15) is 32.3 Å². The van der Waals surface area contributed by atoms with E-state index in [-0.39, 0.29) is 0 Å². The van der Waals surface area contributed by atoms with Crippen molar-refractivity contribution in [3.8, 4) is 11.5 Å². The Bertz CT molecular complexity index is 439. The summed E-state index contributed by atoms with van der Waals surface area (Å²) in [6.07, 6.45) is 2.21. The third-order valence-electron chi connectivity index (χ3n) is 3.34. The van der Waals surface area contributed by atoms with Crippen LogP contribution in [0, 0.1) is 3.57 Å². The van der Waals surface area contributed by atoms with Crippen LogP contribution in [0.15, 0.2) is 12.1 Å². The first kappa shape index (κ1) is 19.5. The summed E-state index contributed by atoms with van der Waals surface area (Å²) in [5.74, 6) is 1.78. The minimum Gasteiger partial charge on any atom is -0.490 e. The zero-order valence-corrected chi connectivity index (χ0v) is 16.5. The quantitative estimate of drug-likeness (QED) is 0.414. The molecule has 4 nitrogen and oxygen atoms in total. The van der Waals surface area contributed by atoms with Crippen molar-refractivity contribution in [3.63, 3.8) is 0 Å². The molecule has 1 aromatic rings. The number of nitrogens with two attached hydrogens (primary N) is 1. The molecule has 22 heavy (non-hydrogen) atoms. The Morgan fingerprint density at radius 3 is 2.59 bits per heavy atom. The number of nitrogens with one attached hydrogen (secondary N) is 1. The molecule has 0 aromatic heterocycles. The normalized spacial score (nSPS) is 11.0. The van der Waals surface area contributed by atoms with E-state index in [1.165, 1.54) is 17.0 Å². The number of hydrogen-bond donors (Lipinski definition) is 2. The average Bonchev–Trinajstić information content (AvgIpc) is 2.46. The van der Waals surface area contributed by atoms with Gasteiger partial charge in [0.1, 0.15) is 19.6 Å². The topological polar surface area (TPSA) is 39.5 Å². The van der Waals surface area contributed by atoms with Gasteiger partial charge in [-0.2, -0.15) is 0 Å². The third-order valence-corrected chi connectivity index (χ3v) is 4.14. The average molecular weight is 422 g/mol. The van der Waals surface area contributed by atoms with Crippen LogP contribution in [0.5, 0.6) is 11.5 Å². The lowest BCUT2D eigenvalue weighted by Gasteiger charge is -2.15. The molecule has 0 spiro atoms. The first-order valence-corrected chi connectivity index (χ1v) is 9.35. The third kappa shape index (κ3) is 7.15. The second-order valence-corrected chi connectivity index (χ2v) is 6.94. The minimum atomic E-state index is 0.664. The molecule has 3 N–H and O–H groups in total. The molecule has 1 rings (SSSR count). The lowest BCUT2D eigenvalue weighted by atomic mass is 10.2. The van der Waals surface area contributed by atoms with Crippen LogP contribution in [0.3, 0.4) is 0 Å². The van der Waals surface area contributed by atoms with Crippen LogP contribution < -0.4 is 19.7 Å². The monoisotopic (exact) mass is 422 g/mol. The van der Waals surface area contributed by atoms with Gasteiger partial charge in [0.25, 0.3) is 0 Å². The maximum atomic E-state index is 5.93. The van der Waals surface area contributed by atoms with Crippen molar-refractivity contribution in [1.82, 2.24) is 0 Å². The lowest BCUT2D eigenvalue weighted by molar-refractivity contribution is -0.875. The largest absolute Gasteiger partial charge is 0.490 e. The molecule has 0 fully saturated rings. The van der Waals surface area contributed by atoms with Crippen molar-refractivity contribution in [3.05, 3.63) is 21.3 Å². The number of unbranched alkanes of at least 4 members (excludes halogenated alkanes) is 1. The SMILES string of the molecule is CCCCOc1c(I)cc(C[NH2+]CC[NH+](C)C)cc1OCC. The van der Waals surface area contributed by atoms with Crippen LogP contribution in [0.2, 0.25) is 0 Å². The molecule has 0 unspecified atom stereocenters. The molecule has 0 saturated heterocycles. The smallest absolute Gasteiger partial charge is 0.174 e. The van der Waals surface area contributed by atoms with Crippen LogP contribution in [0.4, 0.5) is 0 Å². The Morgan fingerprint density at radius 2 is 1.95 bits per heavy atom. The number of ether oxygens (including phenoxy) is 2. The maximum absolute atomic E-state index is 5.93. The Morgan fingerprint density at radius 1 is 1.18 bits per heavy atom. The molecular formula is C17H31IN2O2+2. The fraction of sp³-hybridized carbons (Fsp3) is 0.647. The molecule has 0 bridgehead atoms. The standard InChI is InChI=1S/C17H29IN2O2/c1-5-7-10-22-17-15(18)11-14(12-16(17)21-6-2)13-19-8-9-20(3)4/h11-12,19H,5-10,13H2,1-4H3/p+2. The van der Waals surface area contributed by atoms with E-state index in [0.717, 1.165) is 47.6 Å². The first-order valence-electron chi connectivity index (χ1n) is 8.27. The van der Waals surface area contributed by atoms with Crippen LogP contribution in [0.25, 0.3) is 0 Å². The Kier molecular flexibility index (Phi) is 9.82. The molecule has 0 saturated carbocycles. The van der Waals surface area contributed by atoms with E-state index in [9.17, 15) is 0 Å². The van der Waals surface area contributed by atoms with Crippen molar-refractivity contribution in [1.29, 1.82) is 0 Å². The van der Waals surface area contributed by atoms with Gasteiger partial charge >= 0.3 is 0 Å². The van der Waals surface area contributed by atoms with E-state index in [0.29, 0.717) is 6.61 Å². The Labute approximate surface area is 148 Å². The number of rotatable bonds is 11. The maximum Gasteiger partial charge on any atom is 0.174 e. The molecule has 0 aliphatic carbocycles. The van der Waals surface area contributed by atoms with Gasteiger partial charge in [-0.05, 0) is 48.1 Å². The van der Waals surface area contributed by atoms with Crippen molar-refractivity contribution >= 4 is 22.6 Å². The van der Waals surface area contributed by atoms with E-state index in [4.69, 9.17) is 9.47 Å². The van der Waals surface area contributed by atoms with E-state index in [1.54, 1.807) is 0 Å². The zero-order chi connectivity index (χ0) is 16.4. The van der Waals surface area contributed by atoms with Gasteiger partial charge in [-0.3, -0.25) is 0 Å². The number of quaternary nitrogens is 2. The molecule has 0 radical (unpaired) electrons. The molecule has 0 aliphatic rings. The van der Waals surface area contributed by atoms with Crippen molar-refractivity contribution < 1.29 is 19.7 Å². The number of benzene rings is 1. The van der Waals surface area contributed by atoms with Crippen molar-refractivity contribution in [2.45, 2.75) is 33.2 Å². The minimum absolute atomic E-state index is 0.664. The van der Waals surface area contributed by atoms with E-state index < -0.39 is 0 Å². The van der Waals surface area contributed by atoms with Crippen LogP contribution in [-0.4, -0.2) is 40.4 Å². The van der Waals surface area contributed by atoms with Crippen molar-refractivity contribution in [2.24, 2.45) is 0 Å². The molecule has 0 aliphatic heterocycles. The lowest BCUT2D eigenvalue weighted by Crippen LogP contribution is -3.09. The van der Waals surface area contributed by atoms with Gasteiger partial charge in [-0.1, -0.05) is 13.3 Å². The van der Waals surface area contributed by atoms with Crippen LogP contribution >= 0.6 is 22.6 Å². The van der Waals surface area contributed by atoms with E-state index >= 15 is 0 Å². The van der Waals surface area contributed by atoms with Gasteiger partial charge in [-0.25, -0.2) is 0 Å².